The highest BCUT2D eigenvalue weighted by molar-refractivity contribution is 6.05. The highest BCUT2D eigenvalue weighted by atomic mass is 16.5. The summed E-state index contributed by atoms with van der Waals surface area (Å²) < 4.78 is 14.1. The van der Waals surface area contributed by atoms with Gasteiger partial charge in [0.05, 0.1) is 34.5 Å². The van der Waals surface area contributed by atoms with E-state index in [0.29, 0.717) is 46.5 Å². The normalized spacial score (nSPS) is 11.3. The summed E-state index contributed by atoms with van der Waals surface area (Å²) in [7, 11) is 1.80. The maximum Gasteiger partial charge on any atom is 0.419 e. The predicted molar refractivity (Wildman–Crippen MR) is 124 cm³/mol. The Balaban J connectivity index is 1.38. The molecule has 0 amide bonds. The number of rotatable bonds is 6. The van der Waals surface area contributed by atoms with Crippen molar-refractivity contribution >= 4 is 28.1 Å². The molecule has 0 saturated heterocycles. The highest BCUT2D eigenvalue weighted by Gasteiger charge is 2.20. The molecule has 0 aliphatic heterocycles. The summed E-state index contributed by atoms with van der Waals surface area (Å²) in [6.45, 7) is 2.39. The van der Waals surface area contributed by atoms with E-state index in [1.165, 1.54) is 0 Å². The Morgan fingerprint density at radius 3 is 2.67 bits per heavy atom. The Morgan fingerprint density at radius 1 is 1.09 bits per heavy atom. The van der Waals surface area contributed by atoms with Gasteiger partial charge in [-0.1, -0.05) is 42.5 Å². The van der Waals surface area contributed by atoms with Crippen LogP contribution in [0.4, 0.5) is 0 Å². The SMILES string of the molecule is Cc1nn(C)c2nc(-c3ccccc3)cc(C(=O)OCCCn3c(=O)oc4ccccc43)c12. The van der Waals surface area contributed by atoms with Crippen molar-refractivity contribution in [3.63, 3.8) is 0 Å². The number of nitrogens with zero attached hydrogens (tertiary/aromatic N) is 4. The zero-order valence-electron chi connectivity index (χ0n) is 18.3. The average Bonchev–Trinajstić information content (AvgIpc) is 3.31. The highest BCUT2D eigenvalue weighted by Crippen LogP contribution is 2.27. The van der Waals surface area contributed by atoms with Crippen molar-refractivity contribution in [1.82, 2.24) is 19.3 Å². The minimum absolute atomic E-state index is 0.161. The summed E-state index contributed by atoms with van der Waals surface area (Å²) in [5.74, 6) is -0.864. The van der Waals surface area contributed by atoms with Crippen LogP contribution in [0.5, 0.6) is 0 Å². The molecule has 0 atom stereocenters. The minimum atomic E-state index is -0.444. The van der Waals surface area contributed by atoms with E-state index in [-0.39, 0.29) is 6.61 Å². The molecule has 2 aromatic carbocycles. The Labute approximate surface area is 189 Å². The standard InChI is InChI=1S/C25H22N4O4/c1-16-22-18(15-19(17-9-4-3-5-10-17)26-23(22)28(2)27-16)24(30)32-14-8-13-29-20-11-6-7-12-21(20)33-25(29)31/h3-7,9-12,15H,8,13-14H2,1-2H3. The first-order valence-electron chi connectivity index (χ1n) is 10.7. The summed E-state index contributed by atoms with van der Waals surface area (Å²) in [6.07, 6.45) is 0.473. The van der Waals surface area contributed by atoms with Gasteiger partial charge in [-0.05, 0) is 31.5 Å². The van der Waals surface area contributed by atoms with Gasteiger partial charge in [0.25, 0.3) is 0 Å². The molecule has 0 unspecified atom stereocenters. The van der Waals surface area contributed by atoms with E-state index in [9.17, 15) is 9.59 Å². The zero-order chi connectivity index (χ0) is 22.9. The second-order valence-corrected chi connectivity index (χ2v) is 7.81. The number of carbonyl (C=O) groups is 1. The topological polar surface area (TPSA) is 92.2 Å². The van der Waals surface area contributed by atoms with Crippen molar-refractivity contribution < 1.29 is 13.9 Å². The number of ether oxygens (including phenoxy) is 1. The van der Waals surface area contributed by atoms with Crippen molar-refractivity contribution in [2.75, 3.05) is 6.61 Å². The Hall–Kier alpha value is -4.20. The number of hydrogen-bond donors (Lipinski definition) is 0. The van der Waals surface area contributed by atoms with Gasteiger partial charge in [0.1, 0.15) is 0 Å². The molecule has 0 fully saturated rings. The molecular weight excluding hydrogens is 420 g/mol. The van der Waals surface area contributed by atoms with Gasteiger partial charge in [-0.15, -0.1) is 0 Å². The van der Waals surface area contributed by atoms with Crippen molar-refractivity contribution in [2.24, 2.45) is 7.05 Å². The fourth-order valence-electron chi connectivity index (χ4n) is 4.05. The molecule has 5 rings (SSSR count). The lowest BCUT2D eigenvalue weighted by Crippen LogP contribution is -2.16. The lowest BCUT2D eigenvalue weighted by atomic mass is 10.1. The number of aryl methyl sites for hydroxylation is 3. The molecule has 8 nitrogen and oxygen atoms in total. The van der Waals surface area contributed by atoms with Gasteiger partial charge in [-0.2, -0.15) is 5.10 Å². The zero-order valence-corrected chi connectivity index (χ0v) is 18.3. The number of aromatic nitrogens is 4. The molecular formula is C25H22N4O4. The quantitative estimate of drug-likeness (QED) is 0.290. The van der Waals surface area contributed by atoms with Gasteiger partial charge < -0.3 is 9.15 Å². The van der Waals surface area contributed by atoms with E-state index in [1.807, 2.05) is 55.5 Å². The van der Waals surface area contributed by atoms with Gasteiger partial charge in [0.15, 0.2) is 11.2 Å². The number of benzene rings is 2. The molecule has 0 aliphatic rings. The number of fused-ring (bicyclic) bond motifs is 2. The lowest BCUT2D eigenvalue weighted by Gasteiger charge is -2.09. The van der Waals surface area contributed by atoms with Crippen LogP contribution in [0.25, 0.3) is 33.4 Å². The summed E-state index contributed by atoms with van der Waals surface area (Å²) in [6, 6.07) is 18.7. The first-order valence-corrected chi connectivity index (χ1v) is 10.7. The molecule has 0 radical (unpaired) electrons. The van der Waals surface area contributed by atoms with Gasteiger partial charge in [-0.3, -0.25) is 9.25 Å². The third-order valence-corrected chi connectivity index (χ3v) is 5.59. The van der Waals surface area contributed by atoms with Crippen LogP contribution in [0.2, 0.25) is 0 Å². The molecule has 3 heterocycles. The first kappa shape index (κ1) is 20.7. The van der Waals surface area contributed by atoms with Crippen molar-refractivity contribution in [3.05, 3.63) is 82.5 Å². The Morgan fingerprint density at radius 2 is 1.85 bits per heavy atom. The van der Waals surface area contributed by atoms with Crippen molar-refractivity contribution in [2.45, 2.75) is 19.9 Å². The van der Waals surface area contributed by atoms with E-state index in [0.717, 1.165) is 11.1 Å². The fraction of sp³-hybridized carbons (Fsp3) is 0.200. The predicted octanol–water partition coefficient (Wildman–Crippen LogP) is 4.10. The molecule has 0 N–H and O–H groups in total. The second-order valence-electron chi connectivity index (χ2n) is 7.81. The Bertz CT molecular complexity index is 1530. The van der Waals surface area contributed by atoms with Crippen LogP contribution in [-0.2, 0) is 18.3 Å². The van der Waals surface area contributed by atoms with Crippen LogP contribution >= 0.6 is 0 Å². The van der Waals surface area contributed by atoms with Crippen LogP contribution < -0.4 is 5.76 Å². The molecule has 0 bridgehead atoms. The molecule has 33 heavy (non-hydrogen) atoms. The van der Waals surface area contributed by atoms with Gasteiger partial charge >= 0.3 is 11.7 Å². The number of pyridine rings is 1. The minimum Gasteiger partial charge on any atom is -0.462 e. The van der Waals surface area contributed by atoms with Crippen LogP contribution in [0.1, 0.15) is 22.5 Å². The third-order valence-electron chi connectivity index (χ3n) is 5.59. The largest absolute Gasteiger partial charge is 0.462 e. The second kappa shape index (κ2) is 8.38. The van der Waals surface area contributed by atoms with E-state index >= 15 is 0 Å². The number of esters is 1. The summed E-state index contributed by atoms with van der Waals surface area (Å²) in [5.41, 5.74) is 4.60. The van der Waals surface area contributed by atoms with E-state index in [4.69, 9.17) is 14.1 Å². The van der Waals surface area contributed by atoms with Crippen LogP contribution in [0, 0.1) is 6.92 Å². The first-order chi connectivity index (χ1) is 16.0. The van der Waals surface area contributed by atoms with Gasteiger partial charge in [0, 0.05) is 19.2 Å². The van der Waals surface area contributed by atoms with E-state index < -0.39 is 11.7 Å². The van der Waals surface area contributed by atoms with E-state index in [1.54, 1.807) is 28.4 Å². The molecule has 5 aromatic rings. The van der Waals surface area contributed by atoms with Crippen LogP contribution in [0.15, 0.2) is 69.9 Å². The number of para-hydroxylation sites is 2. The van der Waals surface area contributed by atoms with Crippen molar-refractivity contribution in [3.8, 4) is 11.3 Å². The third kappa shape index (κ3) is 3.80. The molecule has 166 valence electrons. The maximum atomic E-state index is 13.1. The van der Waals surface area contributed by atoms with Gasteiger partial charge in [0.2, 0.25) is 0 Å². The molecule has 3 aromatic heterocycles. The Kier molecular flexibility index (Phi) is 5.26. The molecule has 0 spiro atoms. The number of carbonyl (C=O) groups excluding carboxylic acids is 1. The van der Waals surface area contributed by atoms with Crippen LogP contribution in [-0.4, -0.2) is 31.9 Å². The molecule has 8 heteroatoms. The number of hydrogen-bond acceptors (Lipinski definition) is 6. The maximum absolute atomic E-state index is 13.1. The van der Waals surface area contributed by atoms with E-state index in [2.05, 4.69) is 5.10 Å². The average molecular weight is 442 g/mol. The van der Waals surface area contributed by atoms with Crippen LogP contribution in [0.3, 0.4) is 0 Å². The van der Waals surface area contributed by atoms with Crippen molar-refractivity contribution in [1.29, 1.82) is 0 Å². The lowest BCUT2D eigenvalue weighted by molar-refractivity contribution is 0.0498. The smallest absolute Gasteiger partial charge is 0.419 e. The monoisotopic (exact) mass is 442 g/mol. The van der Waals surface area contributed by atoms with Gasteiger partial charge in [-0.25, -0.2) is 14.6 Å². The fourth-order valence-corrected chi connectivity index (χ4v) is 4.05. The molecule has 0 aliphatic carbocycles. The summed E-state index contributed by atoms with van der Waals surface area (Å²) >= 11 is 0. The molecule has 0 saturated carbocycles. The number of oxazole rings is 1. The summed E-state index contributed by atoms with van der Waals surface area (Å²) in [4.78, 5) is 29.9. The summed E-state index contributed by atoms with van der Waals surface area (Å²) in [5, 5.41) is 5.11.